The molecule has 7 aromatic rings. The van der Waals surface area contributed by atoms with E-state index in [1.807, 2.05) is 85.1 Å². The molecule has 0 aliphatic carbocycles. The van der Waals surface area contributed by atoms with Crippen molar-refractivity contribution < 1.29 is 13.2 Å². The average molecular weight is 503 g/mol. The number of fused-ring (bicyclic) bond motifs is 4. The van der Waals surface area contributed by atoms with Crippen LogP contribution in [0.25, 0.3) is 66.1 Å². The van der Waals surface area contributed by atoms with Crippen LogP contribution in [0.15, 0.2) is 115 Å². The van der Waals surface area contributed by atoms with Gasteiger partial charge in [0.1, 0.15) is 0 Å². The molecule has 2 nitrogen and oxygen atoms in total. The van der Waals surface area contributed by atoms with Gasteiger partial charge in [-0.3, -0.25) is 0 Å². The Morgan fingerprint density at radius 3 is 2.00 bits per heavy atom. The predicted octanol–water partition coefficient (Wildman–Crippen LogP) is 9.82. The highest BCUT2D eigenvalue weighted by Crippen LogP contribution is 2.49. The fourth-order valence-electron chi connectivity index (χ4n) is 5.61. The van der Waals surface area contributed by atoms with Gasteiger partial charge in [0.25, 0.3) is 0 Å². The molecule has 0 saturated carbocycles. The number of para-hydroxylation sites is 2. The van der Waals surface area contributed by atoms with Gasteiger partial charge in [-0.15, -0.1) is 0 Å². The second-order valence-corrected chi connectivity index (χ2v) is 9.42. The number of aromatic amines is 2. The molecule has 0 aliphatic rings. The number of rotatable bonds is 3. The van der Waals surface area contributed by atoms with Crippen LogP contribution < -0.4 is 0 Å². The van der Waals surface area contributed by atoms with Gasteiger partial charge in [0.2, 0.25) is 0 Å². The Labute approximate surface area is 216 Å². The molecule has 2 heterocycles. The van der Waals surface area contributed by atoms with Crippen molar-refractivity contribution in [2.45, 2.75) is 6.18 Å². The standard InChI is InChI=1S/C33H21F3N2/c34-33(35,36)27-15-7-4-12-21(27)25-18-24(20-10-2-1-3-11-20)30-23-14-6-9-17-29(23)38-32(30)31(25)26-19-37-28-16-8-5-13-22(26)28/h1-19,37-38H. The predicted molar refractivity (Wildman–Crippen MR) is 149 cm³/mol. The number of hydrogen-bond donors (Lipinski definition) is 2. The molecule has 0 unspecified atom stereocenters. The minimum atomic E-state index is -4.50. The van der Waals surface area contributed by atoms with Crippen molar-refractivity contribution in [2.24, 2.45) is 0 Å². The molecule has 184 valence electrons. The summed E-state index contributed by atoms with van der Waals surface area (Å²) < 4.78 is 43.1. The Morgan fingerprint density at radius 2 is 1.21 bits per heavy atom. The van der Waals surface area contributed by atoms with Crippen molar-refractivity contribution in [2.75, 3.05) is 0 Å². The molecule has 5 heteroatoms. The summed E-state index contributed by atoms with van der Waals surface area (Å²) in [4.78, 5) is 6.90. The molecule has 5 aromatic carbocycles. The van der Waals surface area contributed by atoms with Crippen LogP contribution in [0.3, 0.4) is 0 Å². The molecule has 38 heavy (non-hydrogen) atoms. The molecule has 0 aliphatic heterocycles. The summed E-state index contributed by atoms with van der Waals surface area (Å²) in [5.74, 6) is 0. The van der Waals surface area contributed by atoms with E-state index < -0.39 is 11.7 Å². The minimum absolute atomic E-state index is 0.151. The number of benzene rings is 5. The van der Waals surface area contributed by atoms with Crippen molar-refractivity contribution in [3.63, 3.8) is 0 Å². The van der Waals surface area contributed by atoms with E-state index in [4.69, 9.17) is 0 Å². The Kier molecular flexibility index (Phi) is 4.95. The van der Waals surface area contributed by atoms with Gasteiger partial charge < -0.3 is 9.97 Å². The molecular weight excluding hydrogens is 481 g/mol. The lowest BCUT2D eigenvalue weighted by Gasteiger charge is -2.19. The van der Waals surface area contributed by atoms with E-state index in [1.165, 1.54) is 6.07 Å². The zero-order chi connectivity index (χ0) is 25.9. The SMILES string of the molecule is FC(F)(F)c1ccccc1-c1cc(-c2ccccc2)c2c([nH]c3ccccc32)c1-c1c[nH]c2ccccc12. The number of hydrogen-bond acceptors (Lipinski definition) is 0. The van der Waals surface area contributed by atoms with E-state index >= 15 is 0 Å². The summed E-state index contributed by atoms with van der Waals surface area (Å²) in [5.41, 5.74) is 6.11. The monoisotopic (exact) mass is 502 g/mol. The first-order valence-electron chi connectivity index (χ1n) is 12.4. The molecule has 0 saturated heterocycles. The minimum Gasteiger partial charge on any atom is -0.361 e. The summed E-state index contributed by atoms with van der Waals surface area (Å²) >= 11 is 0. The summed E-state index contributed by atoms with van der Waals surface area (Å²) in [7, 11) is 0. The van der Waals surface area contributed by atoms with Gasteiger partial charge >= 0.3 is 6.18 Å². The van der Waals surface area contributed by atoms with E-state index in [1.54, 1.807) is 12.1 Å². The third kappa shape index (κ3) is 3.43. The first-order valence-corrected chi connectivity index (χ1v) is 12.4. The van der Waals surface area contributed by atoms with Crippen molar-refractivity contribution >= 4 is 32.7 Å². The topological polar surface area (TPSA) is 31.6 Å². The van der Waals surface area contributed by atoms with E-state index in [2.05, 4.69) is 16.0 Å². The molecule has 2 N–H and O–H groups in total. The normalized spacial score (nSPS) is 12.1. The lowest BCUT2D eigenvalue weighted by atomic mass is 9.86. The Balaban J connectivity index is 1.72. The van der Waals surface area contributed by atoms with Gasteiger partial charge in [0, 0.05) is 44.5 Å². The second kappa shape index (κ2) is 8.38. The number of aromatic nitrogens is 2. The fraction of sp³-hybridized carbons (Fsp3) is 0.0303. The largest absolute Gasteiger partial charge is 0.417 e. The van der Waals surface area contributed by atoms with E-state index in [-0.39, 0.29) is 5.56 Å². The highest BCUT2D eigenvalue weighted by atomic mass is 19.4. The smallest absolute Gasteiger partial charge is 0.361 e. The van der Waals surface area contributed by atoms with Gasteiger partial charge in [-0.05, 0) is 46.5 Å². The van der Waals surface area contributed by atoms with Crippen LogP contribution >= 0.6 is 0 Å². The summed E-state index contributed by atoms with van der Waals surface area (Å²) in [6.07, 6.45) is -2.61. The molecule has 0 atom stereocenters. The quantitative estimate of drug-likeness (QED) is 0.241. The van der Waals surface area contributed by atoms with Gasteiger partial charge in [-0.1, -0.05) is 84.9 Å². The van der Waals surface area contributed by atoms with Crippen molar-refractivity contribution in [3.8, 4) is 33.4 Å². The first-order chi connectivity index (χ1) is 18.5. The third-order valence-corrected chi connectivity index (χ3v) is 7.25. The van der Waals surface area contributed by atoms with Crippen LogP contribution in [0.5, 0.6) is 0 Å². The maximum absolute atomic E-state index is 14.4. The van der Waals surface area contributed by atoms with Crippen LogP contribution in [-0.2, 0) is 6.18 Å². The average Bonchev–Trinajstić information content (AvgIpc) is 3.54. The lowest BCUT2D eigenvalue weighted by molar-refractivity contribution is -0.137. The zero-order valence-electron chi connectivity index (χ0n) is 20.1. The van der Waals surface area contributed by atoms with Crippen LogP contribution in [-0.4, -0.2) is 9.97 Å². The van der Waals surface area contributed by atoms with Gasteiger partial charge in [0.05, 0.1) is 11.1 Å². The van der Waals surface area contributed by atoms with Crippen molar-refractivity contribution in [1.82, 2.24) is 9.97 Å². The maximum atomic E-state index is 14.4. The van der Waals surface area contributed by atoms with Crippen molar-refractivity contribution in [1.29, 1.82) is 0 Å². The van der Waals surface area contributed by atoms with Gasteiger partial charge in [-0.25, -0.2) is 0 Å². The molecule has 0 amide bonds. The molecule has 7 rings (SSSR count). The zero-order valence-corrected chi connectivity index (χ0v) is 20.1. The first kappa shape index (κ1) is 22.4. The number of alkyl halides is 3. The highest BCUT2D eigenvalue weighted by Gasteiger charge is 2.34. The fourth-order valence-corrected chi connectivity index (χ4v) is 5.61. The molecule has 0 spiro atoms. The van der Waals surface area contributed by atoms with Crippen LogP contribution in [0.4, 0.5) is 13.2 Å². The van der Waals surface area contributed by atoms with Crippen LogP contribution in [0.2, 0.25) is 0 Å². The number of nitrogens with one attached hydrogen (secondary N) is 2. The Bertz CT molecular complexity index is 1960. The van der Waals surface area contributed by atoms with Gasteiger partial charge in [0.15, 0.2) is 0 Å². The Hall–Kier alpha value is -4.77. The third-order valence-electron chi connectivity index (χ3n) is 7.25. The molecular formula is C33H21F3N2. The van der Waals surface area contributed by atoms with E-state index in [0.29, 0.717) is 5.56 Å². The van der Waals surface area contributed by atoms with Crippen LogP contribution in [0.1, 0.15) is 5.56 Å². The number of H-pyrrole nitrogens is 2. The van der Waals surface area contributed by atoms with E-state index in [0.717, 1.165) is 61.0 Å². The molecule has 0 bridgehead atoms. The van der Waals surface area contributed by atoms with Gasteiger partial charge in [-0.2, -0.15) is 13.2 Å². The number of halogens is 3. The summed E-state index contributed by atoms with van der Waals surface area (Å²) in [6.45, 7) is 0. The maximum Gasteiger partial charge on any atom is 0.417 e. The molecule has 0 fully saturated rings. The molecule has 2 aromatic heterocycles. The summed E-state index contributed by atoms with van der Waals surface area (Å²) in [6, 6.07) is 33.5. The van der Waals surface area contributed by atoms with Crippen molar-refractivity contribution in [3.05, 3.63) is 121 Å². The second-order valence-electron chi connectivity index (χ2n) is 9.42. The summed E-state index contributed by atoms with van der Waals surface area (Å²) in [5, 5.41) is 2.96. The lowest BCUT2D eigenvalue weighted by Crippen LogP contribution is -2.07. The Morgan fingerprint density at radius 1 is 0.553 bits per heavy atom. The highest BCUT2D eigenvalue weighted by molar-refractivity contribution is 6.22. The molecule has 0 radical (unpaired) electrons. The van der Waals surface area contributed by atoms with E-state index in [9.17, 15) is 13.2 Å². The van der Waals surface area contributed by atoms with Crippen LogP contribution in [0, 0.1) is 0 Å².